The third kappa shape index (κ3) is 3.83. The maximum absolute atomic E-state index is 12.2. The highest BCUT2D eigenvalue weighted by Crippen LogP contribution is 2.25. The van der Waals surface area contributed by atoms with Crippen molar-refractivity contribution in [2.75, 3.05) is 10.6 Å². The van der Waals surface area contributed by atoms with Gasteiger partial charge in [-0.1, -0.05) is 12.1 Å². The number of fused-ring (bicyclic) bond motifs is 1. The molecule has 0 spiro atoms. The summed E-state index contributed by atoms with van der Waals surface area (Å²) in [5, 5.41) is 18.2. The molecule has 1 atom stereocenters. The predicted octanol–water partition coefficient (Wildman–Crippen LogP) is 1.52. The van der Waals surface area contributed by atoms with Crippen LogP contribution in [0.15, 0.2) is 30.5 Å². The average molecular weight is 375 g/mol. The van der Waals surface area contributed by atoms with Crippen molar-refractivity contribution in [1.29, 1.82) is 0 Å². The zero-order valence-corrected chi connectivity index (χ0v) is 14.0. The van der Waals surface area contributed by atoms with Crippen LogP contribution in [0.4, 0.5) is 15.8 Å². The molecular weight excluding hydrogens is 362 g/mol. The van der Waals surface area contributed by atoms with Crippen LogP contribution in [0.5, 0.6) is 0 Å². The number of hydrogen-bond donors (Lipinski definition) is 3. The number of anilines is 2. The molecule has 0 saturated heterocycles. The Labute approximate surface area is 150 Å². The lowest BCUT2D eigenvalue weighted by Crippen LogP contribution is -2.41. The molecule has 1 unspecified atom stereocenters. The third-order valence-electron chi connectivity index (χ3n) is 3.63. The summed E-state index contributed by atoms with van der Waals surface area (Å²) in [5.41, 5.74) is 0.764. The number of benzene rings is 1. The third-order valence-corrected chi connectivity index (χ3v) is 4.50. The first-order valence-corrected chi connectivity index (χ1v) is 8.36. The molecule has 0 aliphatic carbocycles. The first-order valence-electron chi connectivity index (χ1n) is 7.55. The number of carbonyl (C=O) groups excluding carboxylic acids is 3. The van der Waals surface area contributed by atoms with E-state index in [2.05, 4.69) is 20.9 Å². The lowest BCUT2D eigenvalue weighted by molar-refractivity contribution is -0.380. The summed E-state index contributed by atoms with van der Waals surface area (Å²) in [7, 11) is 0. The van der Waals surface area contributed by atoms with Gasteiger partial charge in [0, 0.05) is 6.42 Å². The summed E-state index contributed by atoms with van der Waals surface area (Å²) in [6, 6.07) is 5.73. The van der Waals surface area contributed by atoms with E-state index in [4.69, 9.17) is 0 Å². The van der Waals surface area contributed by atoms with Gasteiger partial charge in [0.2, 0.25) is 11.8 Å². The van der Waals surface area contributed by atoms with Gasteiger partial charge < -0.3 is 16.0 Å². The summed E-state index contributed by atoms with van der Waals surface area (Å²) >= 11 is 0.735. The van der Waals surface area contributed by atoms with E-state index in [9.17, 15) is 24.5 Å². The monoisotopic (exact) mass is 375 g/mol. The van der Waals surface area contributed by atoms with Crippen LogP contribution in [0.1, 0.15) is 23.2 Å². The van der Waals surface area contributed by atoms with E-state index in [0.29, 0.717) is 11.3 Å². The first-order chi connectivity index (χ1) is 12.4. The molecule has 1 aromatic carbocycles. The van der Waals surface area contributed by atoms with Crippen molar-refractivity contribution < 1.29 is 19.3 Å². The molecule has 3 amide bonds. The number of aromatic nitrogens is 1. The Morgan fingerprint density at radius 3 is 2.85 bits per heavy atom. The normalized spacial score (nSPS) is 16.1. The van der Waals surface area contributed by atoms with Crippen LogP contribution in [0.3, 0.4) is 0 Å². The fraction of sp³-hybridized carbons (Fsp3) is 0.200. The molecule has 26 heavy (non-hydrogen) atoms. The number of hydrogen-bond acceptors (Lipinski definition) is 7. The molecule has 11 heteroatoms. The molecular formula is C15H13N5O5S. The number of nitrogens with zero attached hydrogens (tertiary/aromatic N) is 2. The van der Waals surface area contributed by atoms with Crippen molar-refractivity contribution in [3.8, 4) is 0 Å². The summed E-state index contributed by atoms with van der Waals surface area (Å²) < 4.78 is 0. The second kappa shape index (κ2) is 7.27. The van der Waals surface area contributed by atoms with Crippen molar-refractivity contribution in [3.05, 3.63) is 46.1 Å². The Bertz CT molecular complexity index is 896. The highest BCUT2D eigenvalue weighted by Gasteiger charge is 2.28. The van der Waals surface area contributed by atoms with Crippen molar-refractivity contribution in [2.45, 2.75) is 18.9 Å². The van der Waals surface area contributed by atoms with Gasteiger partial charge in [0.1, 0.15) is 12.2 Å². The predicted molar refractivity (Wildman–Crippen MR) is 93.0 cm³/mol. The second-order valence-corrected chi connectivity index (χ2v) is 6.42. The Kier molecular flexibility index (Phi) is 4.89. The van der Waals surface area contributed by atoms with Crippen molar-refractivity contribution in [1.82, 2.24) is 10.3 Å². The Balaban J connectivity index is 1.59. The van der Waals surface area contributed by atoms with Gasteiger partial charge in [-0.2, -0.15) is 0 Å². The average Bonchev–Trinajstić information content (AvgIpc) is 3.02. The maximum Gasteiger partial charge on any atom is 0.345 e. The second-order valence-electron chi connectivity index (χ2n) is 5.41. The van der Waals surface area contributed by atoms with Crippen LogP contribution < -0.4 is 16.0 Å². The molecule has 134 valence electrons. The molecule has 1 aliphatic rings. The van der Waals surface area contributed by atoms with E-state index < -0.39 is 28.7 Å². The molecule has 0 fully saturated rings. The number of amides is 3. The summed E-state index contributed by atoms with van der Waals surface area (Å²) in [4.78, 5) is 50.1. The highest BCUT2D eigenvalue weighted by atomic mass is 32.1. The lowest BCUT2D eigenvalue weighted by atomic mass is 10.1. The van der Waals surface area contributed by atoms with Gasteiger partial charge in [0.25, 0.3) is 5.91 Å². The minimum atomic E-state index is -0.869. The number of para-hydroxylation sites is 1. The van der Waals surface area contributed by atoms with Gasteiger partial charge in [-0.05, 0) is 29.9 Å². The van der Waals surface area contributed by atoms with E-state index in [-0.39, 0.29) is 23.0 Å². The van der Waals surface area contributed by atoms with E-state index >= 15 is 0 Å². The van der Waals surface area contributed by atoms with Gasteiger partial charge in [-0.15, -0.1) is 0 Å². The number of nitrogens with one attached hydrogen (secondary N) is 3. The largest absolute Gasteiger partial charge is 0.345 e. The minimum Gasteiger partial charge on any atom is -0.340 e. The molecule has 0 bridgehead atoms. The fourth-order valence-electron chi connectivity index (χ4n) is 2.38. The molecule has 10 nitrogen and oxygen atoms in total. The summed E-state index contributed by atoms with van der Waals surface area (Å²) in [5.74, 6) is -1.28. The molecule has 2 aromatic rings. The summed E-state index contributed by atoms with van der Waals surface area (Å²) in [6.07, 6.45) is 1.06. The van der Waals surface area contributed by atoms with E-state index in [1.165, 1.54) is 0 Å². The summed E-state index contributed by atoms with van der Waals surface area (Å²) in [6.45, 7) is 0. The smallest absolute Gasteiger partial charge is 0.340 e. The Morgan fingerprint density at radius 2 is 2.12 bits per heavy atom. The van der Waals surface area contributed by atoms with E-state index in [1.54, 1.807) is 24.3 Å². The molecule has 1 aliphatic heterocycles. The van der Waals surface area contributed by atoms with Crippen LogP contribution in [0.25, 0.3) is 0 Å². The van der Waals surface area contributed by atoms with Gasteiger partial charge in [-0.25, -0.2) is 4.98 Å². The molecule has 0 radical (unpaired) electrons. The number of rotatable bonds is 5. The van der Waals surface area contributed by atoms with Gasteiger partial charge in [0.15, 0.2) is 5.13 Å². The van der Waals surface area contributed by atoms with Gasteiger partial charge >= 0.3 is 5.00 Å². The molecule has 2 heterocycles. The van der Waals surface area contributed by atoms with Crippen LogP contribution in [0, 0.1) is 10.1 Å². The van der Waals surface area contributed by atoms with E-state index in [1.807, 2.05) is 0 Å². The van der Waals surface area contributed by atoms with Crippen LogP contribution in [-0.2, 0) is 9.59 Å². The van der Waals surface area contributed by atoms with Crippen LogP contribution in [0.2, 0.25) is 0 Å². The van der Waals surface area contributed by atoms with Crippen LogP contribution in [-0.4, -0.2) is 33.7 Å². The van der Waals surface area contributed by atoms with Gasteiger partial charge in [0.05, 0.1) is 16.2 Å². The van der Waals surface area contributed by atoms with E-state index in [0.717, 1.165) is 17.5 Å². The Morgan fingerprint density at radius 1 is 1.35 bits per heavy atom. The fourth-order valence-corrected chi connectivity index (χ4v) is 3.03. The molecule has 3 rings (SSSR count). The van der Waals surface area contributed by atoms with Crippen LogP contribution >= 0.6 is 11.3 Å². The van der Waals surface area contributed by atoms with Crippen molar-refractivity contribution in [2.24, 2.45) is 0 Å². The maximum atomic E-state index is 12.2. The Hall–Kier alpha value is -3.34. The quantitative estimate of drug-likeness (QED) is 0.534. The zero-order valence-electron chi connectivity index (χ0n) is 13.2. The molecule has 3 N–H and O–H groups in total. The molecule has 1 aromatic heterocycles. The molecule has 0 saturated carbocycles. The van der Waals surface area contributed by atoms with Gasteiger partial charge in [-0.3, -0.25) is 24.5 Å². The van der Waals surface area contributed by atoms with Crippen molar-refractivity contribution >= 4 is 44.9 Å². The SMILES string of the molecule is O=C(CCC1NC(=O)c2ccccc2NC1=O)Nc1ncc([N+](=O)[O-])s1. The topological polar surface area (TPSA) is 143 Å². The number of carbonyl (C=O) groups is 3. The number of thiazole rings is 1. The zero-order chi connectivity index (χ0) is 18.7. The number of nitro groups is 1. The minimum absolute atomic E-state index is 0.0674. The first kappa shape index (κ1) is 17.5. The van der Waals surface area contributed by atoms with Crippen molar-refractivity contribution in [3.63, 3.8) is 0 Å². The standard InChI is InChI=1S/C15H13N5O5S/c21-11(19-15-16-7-12(26-15)20(24)25)6-5-10-14(23)17-9-4-2-1-3-8(9)13(22)18-10/h1-4,7,10H,5-6H2,(H,17,23)(H,18,22)(H,16,19,21). The highest BCUT2D eigenvalue weighted by molar-refractivity contribution is 7.18. The lowest BCUT2D eigenvalue weighted by Gasteiger charge is -2.13.